The van der Waals surface area contributed by atoms with Crippen LogP contribution in [0.5, 0.6) is 0 Å². The molecule has 0 bridgehead atoms. The summed E-state index contributed by atoms with van der Waals surface area (Å²) in [6.45, 7) is -0.000646. The predicted molar refractivity (Wildman–Crippen MR) is 84.4 cm³/mol. The number of hydrogen-bond acceptors (Lipinski definition) is 4. The zero-order chi connectivity index (χ0) is 14.9. The first-order valence-electron chi connectivity index (χ1n) is 6.65. The zero-order valence-corrected chi connectivity index (χ0v) is 12.5. The third kappa shape index (κ3) is 2.32. The summed E-state index contributed by atoms with van der Waals surface area (Å²) in [5, 5.41) is 21.4. The fourth-order valence-corrected chi connectivity index (χ4v) is 2.74. The first-order chi connectivity index (χ1) is 9.51. The van der Waals surface area contributed by atoms with Gasteiger partial charge in [-0.25, -0.2) is 0 Å². The van der Waals surface area contributed by atoms with Gasteiger partial charge in [-0.05, 0) is 5.39 Å². The molecule has 4 heteroatoms. The van der Waals surface area contributed by atoms with Gasteiger partial charge in [-0.2, -0.15) is 0 Å². The van der Waals surface area contributed by atoms with Gasteiger partial charge in [-0.1, -0.05) is 24.3 Å². The molecule has 0 aliphatic rings. The van der Waals surface area contributed by atoms with Crippen LogP contribution < -0.4 is 9.80 Å². The fourth-order valence-electron chi connectivity index (χ4n) is 2.74. The average Bonchev–Trinajstić information content (AvgIpc) is 2.43. The first-order valence-corrected chi connectivity index (χ1v) is 6.65. The Morgan fingerprint density at radius 3 is 1.45 bits per heavy atom. The number of fused-ring (bicyclic) bond motifs is 1. The van der Waals surface area contributed by atoms with E-state index in [9.17, 15) is 10.2 Å². The Kier molecular flexibility index (Phi) is 4.16. The zero-order valence-electron chi connectivity index (χ0n) is 12.5. The van der Waals surface area contributed by atoms with E-state index >= 15 is 0 Å². The molecule has 0 saturated heterocycles. The summed E-state index contributed by atoms with van der Waals surface area (Å²) in [5.74, 6) is 0. The molecule has 2 aromatic rings. The van der Waals surface area contributed by atoms with E-state index in [2.05, 4.69) is 0 Å². The van der Waals surface area contributed by atoms with Gasteiger partial charge >= 0.3 is 0 Å². The van der Waals surface area contributed by atoms with Crippen molar-refractivity contribution in [1.82, 2.24) is 0 Å². The molecular weight excluding hydrogens is 252 g/mol. The standard InChI is InChI=1S/C16H22N2O2/c1-17(2)15-12(9-19)7-5-11-6-8-13(10-20)16(14(11)15)18(3)4/h5-8,19-20H,9-10H2,1-4H3. The van der Waals surface area contributed by atoms with Crippen LogP contribution in [-0.2, 0) is 13.2 Å². The Labute approximate surface area is 119 Å². The summed E-state index contributed by atoms with van der Waals surface area (Å²) in [6.07, 6.45) is 0. The largest absolute Gasteiger partial charge is 0.392 e. The van der Waals surface area contributed by atoms with Gasteiger partial charge in [0, 0.05) is 44.7 Å². The number of aliphatic hydroxyl groups is 2. The maximum absolute atomic E-state index is 9.59. The van der Waals surface area contributed by atoms with Crippen LogP contribution in [0.15, 0.2) is 24.3 Å². The van der Waals surface area contributed by atoms with Crippen LogP contribution in [0.2, 0.25) is 0 Å². The third-order valence-corrected chi connectivity index (χ3v) is 3.53. The quantitative estimate of drug-likeness (QED) is 0.894. The second-order valence-electron chi connectivity index (χ2n) is 5.35. The van der Waals surface area contributed by atoms with Crippen molar-refractivity contribution < 1.29 is 10.2 Å². The SMILES string of the molecule is CN(C)c1c(CO)ccc2ccc(CO)c(N(C)C)c12. The molecule has 0 unspecified atom stereocenters. The third-order valence-electron chi connectivity index (χ3n) is 3.53. The van der Waals surface area contributed by atoms with Gasteiger partial charge in [-0.15, -0.1) is 0 Å². The molecule has 0 aliphatic heterocycles. The van der Waals surface area contributed by atoms with Crippen LogP contribution in [-0.4, -0.2) is 38.4 Å². The predicted octanol–water partition coefficient (Wildman–Crippen LogP) is 1.96. The topological polar surface area (TPSA) is 46.9 Å². The summed E-state index contributed by atoms with van der Waals surface area (Å²) in [5.41, 5.74) is 3.79. The van der Waals surface area contributed by atoms with Crippen LogP contribution >= 0.6 is 0 Å². The highest BCUT2D eigenvalue weighted by Gasteiger charge is 2.16. The monoisotopic (exact) mass is 274 g/mol. The van der Waals surface area contributed by atoms with Gasteiger partial charge in [0.2, 0.25) is 0 Å². The number of hydrogen-bond donors (Lipinski definition) is 2. The fraction of sp³-hybridized carbons (Fsp3) is 0.375. The molecule has 0 aliphatic carbocycles. The van der Waals surface area contributed by atoms with Crippen molar-refractivity contribution in [3.63, 3.8) is 0 Å². The number of anilines is 2. The minimum atomic E-state index is -0.000323. The Morgan fingerprint density at radius 1 is 0.750 bits per heavy atom. The maximum Gasteiger partial charge on any atom is 0.0702 e. The van der Waals surface area contributed by atoms with Crippen LogP contribution in [0.25, 0.3) is 10.8 Å². The van der Waals surface area contributed by atoms with E-state index in [1.807, 2.05) is 62.3 Å². The molecule has 2 rings (SSSR count). The van der Waals surface area contributed by atoms with Crippen molar-refractivity contribution >= 4 is 22.1 Å². The molecule has 0 radical (unpaired) electrons. The number of rotatable bonds is 4. The molecule has 0 heterocycles. The molecule has 0 aromatic heterocycles. The Hall–Kier alpha value is -1.78. The highest BCUT2D eigenvalue weighted by Crippen LogP contribution is 2.38. The van der Waals surface area contributed by atoms with Crippen LogP contribution in [0.4, 0.5) is 11.4 Å². The van der Waals surface area contributed by atoms with Gasteiger partial charge in [0.1, 0.15) is 0 Å². The van der Waals surface area contributed by atoms with Crippen LogP contribution in [0, 0.1) is 0 Å². The molecule has 4 nitrogen and oxygen atoms in total. The normalized spacial score (nSPS) is 10.9. The van der Waals surface area contributed by atoms with Crippen molar-refractivity contribution in [2.45, 2.75) is 13.2 Å². The number of nitrogens with zero attached hydrogens (tertiary/aromatic N) is 2. The molecule has 0 spiro atoms. The minimum absolute atomic E-state index is 0.000323. The molecule has 2 N–H and O–H groups in total. The molecule has 0 atom stereocenters. The second-order valence-corrected chi connectivity index (χ2v) is 5.35. The highest BCUT2D eigenvalue weighted by atomic mass is 16.3. The lowest BCUT2D eigenvalue weighted by molar-refractivity contribution is 0.282. The van der Waals surface area contributed by atoms with Crippen molar-refractivity contribution in [3.8, 4) is 0 Å². The molecule has 0 saturated carbocycles. The van der Waals surface area contributed by atoms with Crippen molar-refractivity contribution in [1.29, 1.82) is 0 Å². The Bertz CT molecular complexity index is 571. The van der Waals surface area contributed by atoms with E-state index in [1.165, 1.54) is 0 Å². The lowest BCUT2D eigenvalue weighted by Crippen LogP contribution is -2.16. The summed E-state index contributed by atoms with van der Waals surface area (Å²) in [6, 6.07) is 7.94. The summed E-state index contributed by atoms with van der Waals surface area (Å²) < 4.78 is 0. The molecule has 20 heavy (non-hydrogen) atoms. The lowest BCUT2D eigenvalue weighted by Gasteiger charge is -2.25. The second kappa shape index (κ2) is 5.69. The molecule has 2 aromatic carbocycles. The van der Waals surface area contributed by atoms with E-state index in [-0.39, 0.29) is 13.2 Å². The van der Waals surface area contributed by atoms with Crippen LogP contribution in [0.1, 0.15) is 11.1 Å². The van der Waals surface area contributed by atoms with E-state index < -0.39 is 0 Å². The summed E-state index contributed by atoms with van der Waals surface area (Å²) in [4.78, 5) is 4.03. The van der Waals surface area contributed by atoms with E-state index in [1.54, 1.807) is 0 Å². The van der Waals surface area contributed by atoms with Gasteiger partial charge in [0.25, 0.3) is 0 Å². The highest BCUT2D eigenvalue weighted by molar-refractivity contribution is 6.06. The lowest BCUT2D eigenvalue weighted by atomic mass is 9.98. The Morgan fingerprint density at radius 2 is 1.15 bits per heavy atom. The molecule has 0 amide bonds. The van der Waals surface area contributed by atoms with Gasteiger partial charge < -0.3 is 20.0 Å². The first kappa shape index (κ1) is 14.6. The van der Waals surface area contributed by atoms with Gasteiger partial charge in [0.05, 0.1) is 24.6 Å². The molecule has 108 valence electrons. The van der Waals surface area contributed by atoms with Crippen molar-refractivity contribution in [3.05, 3.63) is 35.4 Å². The average molecular weight is 274 g/mol. The maximum atomic E-state index is 9.59. The van der Waals surface area contributed by atoms with Crippen molar-refractivity contribution in [2.24, 2.45) is 0 Å². The summed E-state index contributed by atoms with van der Waals surface area (Å²) >= 11 is 0. The van der Waals surface area contributed by atoms with Crippen molar-refractivity contribution in [2.75, 3.05) is 38.0 Å². The Balaban J connectivity index is 2.95. The number of benzene rings is 2. The number of aliphatic hydroxyl groups excluding tert-OH is 2. The minimum Gasteiger partial charge on any atom is -0.392 e. The van der Waals surface area contributed by atoms with Gasteiger partial charge in [-0.3, -0.25) is 0 Å². The van der Waals surface area contributed by atoms with Crippen LogP contribution in [0.3, 0.4) is 0 Å². The molecular formula is C16H22N2O2. The van der Waals surface area contributed by atoms with E-state index in [0.717, 1.165) is 33.3 Å². The van der Waals surface area contributed by atoms with Gasteiger partial charge in [0.15, 0.2) is 0 Å². The van der Waals surface area contributed by atoms with E-state index in [4.69, 9.17) is 0 Å². The van der Waals surface area contributed by atoms with E-state index in [0.29, 0.717) is 0 Å². The summed E-state index contributed by atoms with van der Waals surface area (Å²) in [7, 11) is 7.88. The smallest absolute Gasteiger partial charge is 0.0702 e. The molecule has 0 fully saturated rings.